The van der Waals surface area contributed by atoms with Gasteiger partial charge in [-0.25, -0.2) is 27.0 Å². The first kappa shape index (κ1) is 25.4. The molecule has 0 aliphatic rings. The molecule has 7 nitrogen and oxygen atoms in total. The molecule has 0 radical (unpaired) electrons. The van der Waals surface area contributed by atoms with Crippen LogP contribution >= 0.6 is 15.9 Å². The Morgan fingerprint density at radius 1 is 1.06 bits per heavy atom. The fraction of sp³-hybridized carbons (Fsp3) is 0.0800. The van der Waals surface area contributed by atoms with E-state index in [1.807, 2.05) is 0 Å². The van der Waals surface area contributed by atoms with Gasteiger partial charge in [-0.1, -0.05) is 12.1 Å². The lowest BCUT2D eigenvalue weighted by atomic mass is 9.99. The van der Waals surface area contributed by atoms with E-state index in [9.17, 15) is 26.8 Å². The standard InChI is InChI=1S/C25H16BrF2NO6S/c1-34-25(31)17-8-7-16(10-20(17)28)35-24-23(36(2,32)33)22(13-3-5-15(27)6-4-13)18-9-14(12-30)19(26)11-21(18)29-24/h3-12H,1-2H3. The highest BCUT2D eigenvalue weighted by Gasteiger charge is 2.27. The van der Waals surface area contributed by atoms with E-state index in [4.69, 9.17) is 4.74 Å². The number of fused-ring (bicyclic) bond motifs is 1. The van der Waals surface area contributed by atoms with Gasteiger partial charge in [0.25, 0.3) is 0 Å². The Hall–Kier alpha value is -3.70. The van der Waals surface area contributed by atoms with Crippen molar-refractivity contribution in [2.24, 2.45) is 0 Å². The number of pyridine rings is 1. The number of esters is 1. The minimum atomic E-state index is -4.05. The molecule has 0 saturated carbocycles. The van der Waals surface area contributed by atoms with E-state index in [1.165, 1.54) is 30.3 Å². The van der Waals surface area contributed by atoms with E-state index in [1.54, 1.807) is 0 Å². The summed E-state index contributed by atoms with van der Waals surface area (Å²) in [6, 6.07) is 11.3. The van der Waals surface area contributed by atoms with Crippen molar-refractivity contribution in [3.05, 3.63) is 81.8 Å². The fourth-order valence-electron chi connectivity index (χ4n) is 3.61. The second-order valence-corrected chi connectivity index (χ2v) is 10.5. The second kappa shape index (κ2) is 9.75. The van der Waals surface area contributed by atoms with Gasteiger partial charge in [0, 0.05) is 33.3 Å². The highest BCUT2D eigenvalue weighted by Crippen LogP contribution is 2.42. The third-order valence-corrected chi connectivity index (χ3v) is 7.03. The average Bonchev–Trinajstić information content (AvgIpc) is 2.82. The molecular weight excluding hydrogens is 560 g/mol. The molecule has 0 aliphatic heterocycles. The molecule has 0 N–H and O–H groups in total. The highest BCUT2D eigenvalue weighted by molar-refractivity contribution is 9.10. The zero-order chi connectivity index (χ0) is 26.2. The number of sulfone groups is 1. The summed E-state index contributed by atoms with van der Waals surface area (Å²) in [5, 5.41) is 0.298. The smallest absolute Gasteiger partial charge is 0.340 e. The topological polar surface area (TPSA) is 99.6 Å². The van der Waals surface area contributed by atoms with Gasteiger partial charge in [0.15, 0.2) is 16.1 Å². The minimum Gasteiger partial charge on any atom is -0.465 e. The van der Waals surface area contributed by atoms with Crippen molar-refractivity contribution in [3.63, 3.8) is 0 Å². The van der Waals surface area contributed by atoms with Crippen LogP contribution in [0.15, 0.2) is 64.0 Å². The first-order valence-electron chi connectivity index (χ1n) is 10.2. The molecule has 0 aliphatic carbocycles. The number of halogens is 3. The van der Waals surface area contributed by atoms with Crippen LogP contribution < -0.4 is 4.74 Å². The molecule has 1 heterocycles. The van der Waals surface area contributed by atoms with Crippen molar-refractivity contribution >= 4 is 48.9 Å². The summed E-state index contributed by atoms with van der Waals surface area (Å²) < 4.78 is 64.8. The van der Waals surface area contributed by atoms with Gasteiger partial charge < -0.3 is 9.47 Å². The number of benzene rings is 3. The molecule has 0 spiro atoms. The molecule has 0 fully saturated rings. The number of carbonyl (C=O) groups excluding carboxylic acids is 2. The number of ether oxygens (including phenoxy) is 2. The second-order valence-electron chi connectivity index (χ2n) is 7.64. The van der Waals surface area contributed by atoms with Gasteiger partial charge in [-0.05, 0) is 57.9 Å². The number of methoxy groups -OCH3 is 1. The highest BCUT2D eigenvalue weighted by atomic mass is 79.9. The third-order valence-electron chi connectivity index (χ3n) is 5.22. The zero-order valence-electron chi connectivity index (χ0n) is 18.7. The summed E-state index contributed by atoms with van der Waals surface area (Å²) in [5.41, 5.74) is 0.597. The first-order chi connectivity index (χ1) is 17.0. The van der Waals surface area contributed by atoms with E-state index in [0.29, 0.717) is 21.7 Å². The third kappa shape index (κ3) is 4.84. The average molecular weight is 576 g/mol. The Kier molecular flexibility index (Phi) is 6.87. The molecule has 0 unspecified atom stereocenters. The van der Waals surface area contributed by atoms with Crippen LogP contribution in [-0.4, -0.2) is 39.0 Å². The van der Waals surface area contributed by atoms with Crippen LogP contribution in [-0.2, 0) is 14.6 Å². The lowest BCUT2D eigenvalue weighted by Crippen LogP contribution is -2.07. The molecule has 0 amide bonds. The van der Waals surface area contributed by atoms with Crippen molar-refractivity contribution in [1.82, 2.24) is 4.98 Å². The van der Waals surface area contributed by atoms with Gasteiger partial charge in [-0.15, -0.1) is 0 Å². The van der Waals surface area contributed by atoms with Crippen molar-refractivity contribution in [2.75, 3.05) is 13.4 Å². The van der Waals surface area contributed by atoms with E-state index in [0.717, 1.165) is 37.6 Å². The molecule has 0 atom stereocenters. The molecule has 11 heteroatoms. The van der Waals surface area contributed by atoms with Gasteiger partial charge >= 0.3 is 5.97 Å². The predicted octanol–water partition coefficient (Wildman–Crippen LogP) is 5.74. The Morgan fingerprint density at radius 2 is 1.75 bits per heavy atom. The minimum absolute atomic E-state index is 0.125. The van der Waals surface area contributed by atoms with E-state index in [2.05, 4.69) is 25.7 Å². The summed E-state index contributed by atoms with van der Waals surface area (Å²) in [7, 11) is -2.94. The lowest BCUT2D eigenvalue weighted by molar-refractivity contribution is 0.0595. The van der Waals surface area contributed by atoms with Crippen LogP contribution in [0.25, 0.3) is 22.0 Å². The fourth-order valence-corrected chi connectivity index (χ4v) is 5.04. The zero-order valence-corrected chi connectivity index (χ0v) is 21.1. The van der Waals surface area contributed by atoms with Crippen LogP contribution in [0.2, 0.25) is 0 Å². The van der Waals surface area contributed by atoms with Gasteiger partial charge in [0.05, 0.1) is 18.2 Å². The largest absolute Gasteiger partial charge is 0.465 e. The summed E-state index contributed by atoms with van der Waals surface area (Å²) in [5.74, 6) is -2.88. The van der Waals surface area contributed by atoms with Crippen LogP contribution in [0, 0.1) is 11.6 Å². The van der Waals surface area contributed by atoms with Gasteiger partial charge in [-0.3, -0.25) is 4.79 Å². The van der Waals surface area contributed by atoms with Crippen LogP contribution in [0.3, 0.4) is 0 Å². The van der Waals surface area contributed by atoms with E-state index in [-0.39, 0.29) is 38.7 Å². The molecule has 3 aromatic carbocycles. The Morgan fingerprint density at radius 3 is 2.33 bits per heavy atom. The molecule has 36 heavy (non-hydrogen) atoms. The van der Waals surface area contributed by atoms with Crippen molar-refractivity contribution in [2.45, 2.75) is 4.90 Å². The van der Waals surface area contributed by atoms with E-state index >= 15 is 0 Å². The molecule has 4 aromatic rings. The number of aromatic nitrogens is 1. The quantitative estimate of drug-likeness (QED) is 0.213. The Balaban J connectivity index is 2.04. The number of carbonyl (C=O) groups is 2. The maximum Gasteiger partial charge on any atom is 0.340 e. The van der Waals surface area contributed by atoms with Gasteiger partial charge in [0.2, 0.25) is 5.88 Å². The molecular formula is C25H16BrF2NO6S. The van der Waals surface area contributed by atoms with Crippen molar-refractivity contribution in [1.29, 1.82) is 0 Å². The lowest BCUT2D eigenvalue weighted by Gasteiger charge is -2.17. The summed E-state index contributed by atoms with van der Waals surface area (Å²) in [6.07, 6.45) is 1.53. The maximum absolute atomic E-state index is 14.5. The summed E-state index contributed by atoms with van der Waals surface area (Å²) in [4.78, 5) is 27.3. The number of nitrogens with zero attached hydrogens (tertiary/aromatic N) is 1. The van der Waals surface area contributed by atoms with Crippen molar-refractivity contribution < 1.29 is 36.3 Å². The summed E-state index contributed by atoms with van der Waals surface area (Å²) in [6.45, 7) is 0. The van der Waals surface area contributed by atoms with Gasteiger partial charge in [-0.2, -0.15) is 0 Å². The first-order valence-corrected chi connectivity index (χ1v) is 12.9. The van der Waals surface area contributed by atoms with Crippen LogP contribution in [0.4, 0.5) is 8.78 Å². The Bertz CT molecular complexity index is 1640. The monoisotopic (exact) mass is 575 g/mol. The molecule has 0 saturated heterocycles. The number of aldehydes is 1. The molecule has 4 rings (SSSR count). The van der Waals surface area contributed by atoms with E-state index < -0.39 is 27.4 Å². The number of rotatable bonds is 6. The number of hydrogen-bond donors (Lipinski definition) is 0. The van der Waals surface area contributed by atoms with Crippen LogP contribution in [0.1, 0.15) is 20.7 Å². The van der Waals surface area contributed by atoms with Gasteiger partial charge in [0.1, 0.15) is 22.3 Å². The predicted molar refractivity (Wildman–Crippen MR) is 131 cm³/mol. The van der Waals surface area contributed by atoms with Crippen molar-refractivity contribution in [3.8, 4) is 22.8 Å². The summed E-state index contributed by atoms with van der Waals surface area (Å²) >= 11 is 3.28. The normalized spacial score (nSPS) is 11.4. The van der Waals surface area contributed by atoms with Crippen LogP contribution in [0.5, 0.6) is 11.6 Å². The molecule has 184 valence electrons. The maximum atomic E-state index is 14.5. The molecule has 1 aromatic heterocycles. The number of hydrogen-bond acceptors (Lipinski definition) is 7. The SMILES string of the molecule is COC(=O)c1ccc(Oc2nc3cc(Br)c(C=O)cc3c(-c3ccc(F)cc3)c2S(C)(=O)=O)cc1F. The molecule has 0 bridgehead atoms. The Labute approximate surface area is 212 Å².